The highest BCUT2D eigenvalue weighted by atomic mass is 32.1. The Morgan fingerprint density at radius 2 is 2.24 bits per heavy atom. The van der Waals surface area contributed by atoms with E-state index in [1.165, 1.54) is 47.9 Å². The van der Waals surface area contributed by atoms with Gasteiger partial charge in [-0.15, -0.1) is 11.3 Å². The summed E-state index contributed by atoms with van der Waals surface area (Å²) in [5.74, 6) is 0.843. The van der Waals surface area contributed by atoms with E-state index in [1.54, 1.807) is 0 Å². The topological polar surface area (TPSA) is 28.2 Å². The normalized spacial score (nSPS) is 21.6. The lowest BCUT2D eigenvalue weighted by molar-refractivity contribution is 0.176. The summed E-state index contributed by atoms with van der Waals surface area (Å²) in [4.78, 5) is 8.91. The molecule has 1 aromatic heterocycles. The maximum absolute atomic E-state index is 4.89. The van der Waals surface area contributed by atoms with Crippen LogP contribution in [-0.2, 0) is 19.5 Å². The largest absolute Gasteiger partial charge is 0.309 e. The van der Waals surface area contributed by atoms with E-state index in [0.717, 1.165) is 25.4 Å². The lowest BCUT2D eigenvalue weighted by Gasteiger charge is -2.29. The summed E-state index contributed by atoms with van der Waals surface area (Å²) in [7, 11) is 0. The van der Waals surface area contributed by atoms with Crippen LogP contribution in [0.2, 0.25) is 0 Å². The van der Waals surface area contributed by atoms with Crippen LogP contribution in [0.15, 0.2) is 0 Å². The molecule has 4 heteroatoms. The maximum atomic E-state index is 4.89. The third kappa shape index (κ3) is 5.04. The summed E-state index contributed by atoms with van der Waals surface area (Å²) < 4.78 is 0. The molecular formula is C17H31N3S. The van der Waals surface area contributed by atoms with Gasteiger partial charge in [0, 0.05) is 24.0 Å². The molecule has 1 N–H and O–H groups in total. The molecule has 1 aromatic rings. The van der Waals surface area contributed by atoms with E-state index in [1.807, 2.05) is 11.3 Å². The summed E-state index contributed by atoms with van der Waals surface area (Å²) in [6.07, 6.45) is 4.96. The third-order valence-electron chi connectivity index (χ3n) is 4.48. The van der Waals surface area contributed by atoms with Crippen molar-refractivity contribution in [3.8, 4) is 0 Å². The van der Waals surface area contributed by atoms with Crippen molar-refractivity contribution in [1.29, 1.82) is 0 Å². The zero-order chi connectivity index (χ0) is 15.2. The van der Waals surface area contributed by atoms with Crippen molar-refractivity contribution in [3.63, 3.8) is 0 Å². The molecule has 0 aliphatic carbocycles. The molecule has 2 unspecified atom stereocenters. The van der Waals surface area contributed by atoms with Crippen molar-refractivity contribution in [2.45, 2.75) is 72.5 Å². The molecule has 1 aliphatic heterocycles. The fraction of sp³-hybridized carbons (Fsp3) is 0.824. The number of nitrogens with zero attached hydrogens (tertiary/aromatic N) is 2. The average Bonchev–Trinajstić information content (AvgIpc) is 2.86. The highest BCUT2D eigenvalue weighted by molar-refractivity contribution is 7.11. The van der Waals surface area contributed by atoms with Gasteiger partial charge in [-0.25, -0.2) is 4.98 Å². The zero-order valence-electron chi connectivity index (χ0n) is 14.1. The van der Waals surface area contributed by atoms with Gasteiger partial charge >= 0.3 is 0 Å². The third-order valence-corrected chi connectivity index (χ3v) is 5.56. The van der Waals surface area contributed by atoms with Gasteiger partial charge in [-0.1, -0.05) is 20.8 Å². The molecule has 1 fully saturated rings. The van der Waals surface area contributed by atoms with Crippen LogP contribution >= 0.6 is 11.3 Å². The first-order valence-corrected chi connectivity index (χ1v) is 9.37. The van der Waals surface area contributed by atoms with Crippen LogP contribution in [0.3, 0.4) is 0 Å². The molecule has 0 amide bonds. The quantitative estimate of drug-likeness (QED) is 0.830. The molecule has 0 radical (unpaired) electrons. The molecule has 0 saturated carbocycles. The molecule has 2 heterocycles. The van der Waals surface area contributed by atoms with Crippen LogP contribution in [-0.4, -0.2) is 29.0 Å². The fourth-order valence-electron chi connectivity index (χ4n) is 2.95. The van der Waals surface area contributed by atoms with Gasteiger partial charge in [0.2, 0.25) is 0 Å². The minimum absolute atomic E-state index is 0.586. The summed E-state index contributed by atoms with van der Waals surface area (Å²) >= 11 is 1.92. The van der Waals surface area contributed by atoms with E-state index >= 15 is 0 Å². The number of aryl methyl sites for hydroxylation is 1. The van der Waals surface area contributed by atoms with Crippen LogP contribution in [0.4, 0.5) is 0 Å². The van der Waals surface area contributed by atoms with Gasteiger partial charge in [-0.2, -0.15) is 0 Å². The first-order chi connectivity index (χ1) is 10.1. The number of aromatic nitrogens is 1. The molecule has 0 aromatic carbocycles. The molecule has 21 heavy (non-hydrogen) atoms. The predicted molar refractivity (Wildman–Crippen MR) is 91.8 cm³/mol. The molecule has 1 saturated heterocycles. The standard InChI is InChI=1S/C17H31N3S/c1-5-14(4)18-10-16-15(6-2)19-17(21-16)12-20-9-7-8-13(3)11-20/h13-14,18H,5-12H2,1-4H3. The Hall–Kier alpha value is -0.450. The highest BCUT2D eigenvalue weighted by Crippen LogP contribution is 2.23. The second-order valence-electron chi connectivity index (χ2n) is 6.50. The highest BCUT2D eigenvalue weighted by Gasteiger charge is 2.18. The van der Waals surface area contributed by atoms with Crippen LogP contribution in [0, 0.1) is 5.92 Å². The number of thiazole rings is 1. The van der Waals surface area contributed by atoms with Crippen molar-refractivity contribution >= 4 is 11.3 Å². The van der Waals surface area contributed by atoms with Gasteiger partial charge in [-0.3, -0.25) is 4.90 Å². The average molecular weight is 310 g/mol. The van der Waals surface area contributed by atoms with E-state index in [9.17, 15) is 0 Å². The van der Waals surface area contributed by atoms with Gasteiger partial charge < -0.3 is 5.32 Å². The van der Waals surface area contributed by atoms with E-state index in [4.69, 9.17) is 4.98 Å². The number of rotatable bonds is 7. The lowest BCUT2D eigenvalue weighted by atomic mass is 10.0. The van der Waals surface area contributed by atoms with Crippen molar-refractivity contribution in [2.24, 2.45) is 5.92 Å². The Labute approximate surface area is 134 Å². The summed E-state index contributed by atoms with van der Waals surface area (Å²) in [5.41, 5.74) is 1.30. The Kier molecular flexibility index (Phi) is 6.65. The number of likely N-dealkylation sites (tertiary alicyclic amines) is 1. The van der Waals surface area contributed by atoms with E-state index in [-0.39, 0.29) is 0 Å². The van der Waals surface area contributed by atoms with Gasteiger partial charge in [0.05, 0.1) is 12.2 Å². The molecular weight excluding hydrogens is 278 g/mol. The first kappa shape index (κ1) is 16.9. The number of nitrogens with one attached hydrogen (secondary N) is 1. The lowest BCUT2D eigenvalue weighted by Crippen LogP contribution is -2.33. The van der Waals surface area contributed by atoms with E-state index in [0.29, 0.717) is 6.04 Å². The van der Waals surface area contributed by atoms with Crippen molar-refractivity contribution in [3.05, 3.63) is 15.6 Å². The number of piperidine rings is 1. The molecule has 120 valence electrons. The Bertz CT molecular complexity index is 430. The summed E-state index contributed by atoms with van der Waals surface area (Å²) in [5, 5.41) is 4.91. The van der Waals surface area contributed by atoms with Gasteiger partial charge in [0.15, 0.2) is 0 Å². The molecule has 1 aliphatic rings. The smallest absolute Gasteiger partial charge is 0.107 e. The van der Waals surface area contributed by atoms with Gasteiger partial charge in [0.1, 0.15) is 5.01 Å². The van der Waals surface area contributed by atoms with Crippen molar-refractivity contribution in [1.82, 2.24) is 15.2 Å². The molecule has 2 atom stereocenters. The SMILES string of the molecule is CCc1nc(CN2CCCC(C)C2)sc1CNC(C)CC. The molecule has 0 spiro atoms. The van der Waals surface area contributed by atoms with Crippen LogP contribution in [0.25, 0.3) is 0 Å². The van der Waals surface area contributed by atoms with Gasteiger partial charge in [-0.05, 0) is 45.1 Å². The van der Waals surface area contributed by atoms with E-state index in [2.05, 4.69) is 37.9 Å². The summed E-state index contributed by atoms with van der Waals surface area (Å²) in [6.45, 7) is 13.6. The molecule has 0 bridgehead atoms. The van der Waals surface area contributed by atoms with Gasteiger partial charge in [0.25, 0.3) is 0 Å². The molecule has 2 rings (SSSR count). The maximum Gasteiger partial charge on any atom is 0.107 e. The Balaban J connectivity index is 1.95. The van der Waals surface area contributed by atoms with Crippen molar-refractivity contribution < 1.29 is 0 Å². The Morgan fingerprint density at radius 1 is 1.43 bits per heavy atom. The second-order valence-corrected chi connectivity index (χ2v) is 7.67. The minimum Gasteiger partial charge on any atom is -0.309 e. The number of hydrogen-bond acceptors (Lipinski definition) is 4. The van der Waals surface area contributed by atoms with Crippen LogP contribution < -0.4 is 5.32 Å². The molecule has 3 nitrogen and oxygen atoms in total. The predicted octanol–water partition coefficient (Wildman–Crippen LogP) is 3.83. The fourth-order valence-corrected chi connectivity index (χ4v) is 4.10. The van der Waals surface area contributed by atoms with Crippen LogP contribution in [0.5, 0.6) is 0 Å². The monoisotopic (exact) mass is 309 g/mol. The first-order valence-electron chi connectivity index (χ1n) is 8.55. The number of hydrogen-bond donors (Lipinski definition) is 1. The zero-order valence-corrected chi connectivity index (χ0v) is 14.9. The Morgan fingerprint density at radius 3 is 2.90 bits per heavy atom. The van der Waals surface area contributed by atoms with E-state index < -0.39 is 0 Å². The van der Waals surface area contributed by atoms with Crippen LogP contribution in [0.1, 0.15) is 62.5 Å². The second kappa shape index (κ2) is 8.25. The minimum atomic E-state index is 0.586. The van der Waals surface area contributed by atoms with Crippen molar-refractivity contribution in [2.75, 3.05) is 13.1 Å². The summed E-state index contributed by atoms with van der Waals surface area (Å²) in [6, 6.07) is 0.586.